The third kappa shape index (κ3) is 3.33. The average molecular weight is 199 g/mol. The summed E-state index contributed by atoms with van der Waals surface area (Å²) in [6, 6.07) is 0.239. The number of hydrogen-bond donors (Lipinski definition) is 3. The molecular formula is C9H17N3O2. The van der Waals surface area contributed by atoms with E-state index in [1.165, 1.54) is 6.92 Å². The summed E-state index contributed by atoms with van der Waals surface area (Å²) >= 11 is 0. The minimum Gasteiger partial charge on any atom is -0.354 e. The molecule has 80 valence electrons. The van der Waals surface area contributed by atoms with Crippen molar-refractivity contribution in [2.45, 2.75) is 38.6 Å². The topological polar surface area (TPSA) is 84.2 Å². The van der Waals surface area contributed by atoms with E-state index in [9.17, 15) is 9.59 Å². The number of carbonyl (C=O) groups excluding carboxylic acids is 2. The minimum absolute atomic E-state index is 0.000994. The third-order valence-corrected chi connectivity index (χ3v) is 2.58. The summed E-state index contributed by atoms with van der Waals surface area (Å²) in [5, 5.41) is 2.86. The fourth-order valence-electron chi connectivity index (χ4n) is 2.00. The number of nitrogens with one attached hydrogen (secondary N) is 2. The molecule has 1 fully saturated rings. The monoisotopic (exact) mass is 199 g/mol. The Labute approximate surface area is 83.4 Å². The van der Waals surface area contributed by atoms with Crippen LogP contribution < -0.4 is 16.6 Å². The van der Waals surface area contributed by atoms with Crippen molar-refractivity contribution in [1.29, 1.82) is 0 Å². The highest BCUT2D eigenvalue weighted by atomic mass is 16.2. The predicted molar refractivity (Wildman–Crippen MR) is 51.9 cm³/mol. The molecule has 0 saturated heterocycles. The number of nitrogens with two attached hydrogens (primary N) is 1. The van der Waals surface area contributed by atoms with Gasteiger partial charge in [-0.3, -0.25) is 15.0 Å². The lowest BCUT2D eigenvalue weighted by molar-refractivity contribution is -0.122. The Morgan fingerprint density at radius 2 is 2.14 bits per heavy atom. The number of hydrogen-bond acceptors (Lipinski definition) is 3. The molecule has 0 unspecified atom stereocenters. The van der Waals surface area contributed by atoms with Crippen LogP contribution in [0.1, 0.15) is 32.6 Å². The highest BCUT2D eigenvalue weighted by Gasteiger charge is 2.26. The molecule has 0 aromatic rings. The zero-order valence-electron chi connectivity index (χ0n) is 8.38. The molecule has 0 heterocycles. The van der Waals surface area contributed by atoms with Gasteiger partial charge in [0.15, 0.2) is 0 Å². The van der Waals surface area contributed by atoms with Crippen molar-refractivity contribution in [3.8, 4) is 0 Å². The summed E-state index contributed by atoms with van der Waals surface area (Å²) < 4.78 is 0. The number of hydrazine groups is 1. The first-order chi connectivity index (χ1) is 6.61. The molecule has 0 bridgehead atoms. The Hall–Kier alpha value is -1.10. The third-order valence-electron chi connectivity index (χ3n) is 2.58. The molecule has 0 radical (unpaired) electrons. The summed E-state index contributed by atoms with van der Waals surface area (Å²) in [4.78, 5) is 21.7. The van der Waals surface area contributed by atoms with Gasteiger partial charge in [-0.05, 0) is 25.2 Å². The second-order valence-corrected chi connectivity index (χ2v) is 3.85. The van der Waals surface area contributed by atoms with Crippen molar-refractivity contribution >= 4 is 11.8 Å². The Balaban J connectivity index is 2.27. The van der Waals surface area contributed by atoms with Gasteiger partial charge in [-0.2, -0.15) is 0 Å². The lowest BCUT2D eigenvalue weighted by Gasteiger charge is -2.11. The lowest BCUT2D eigenvalue weighted by Crippen LogP contribution is -2.32. The van der Waals surface area contributed by atoms with Gasteiger partial charge in [-0.25, -0.2) is 5.84 Å². The smallest absolute Gasteiger partial charge is 0.234 e. The minimum atomic E-state index is -0.126. The van der Waals surface area contributed by atoms with Crippen molar-refractivity contribution in [3.63, 3.8) is 0 Å². The van der Waals surface area contributed by atoms with Gasteiger partial charge >= 0.3 is 0 Å². The Bertz CT molecular complexity index is 230. The molecule has 14 heavy (non-hydrogen) atoms. The van der Waals surface area contributed by atoms with E-state index in [1.807, 2.05) is 0 Å². The summed E-state index contributed by atoms with van der Waals surface area (Å²) in [6.07, 6.45) is 3.29. The standard InChI is InChI=1S/C9H17N3O2/c1-6(13)11-8-3-2-7(4-8)5-9(14)12-10/h7-8H,2-5,10H2,1H3,(H,11,13)(H,12,14)/t7-,8+/m0/s1. The zero-order chi connectivity index (χ0) is 10.6. The zero-order valence-corrected chi connectivity index (χ0v) is 8.38. The van der Waals surface area contributed by atoms with Gasteiger partial charge in [0.2, 0.25) is 11.8 Å². The molecule has 1 aliphatic carbocycles. The molecule has 5 heteroatoms. The van der Waals surface area contributed by atoms with Gasteiger partial charge < -0.3 is 5.32 Å². The van der Waals surface area contributed by atoms with Crippen LogP contribution in [-0.2, 0) is 9.59 Å². The van der Waals surface area contributed by atoms with E-state index in [4.69, 9.17) is 5.84 Å². The van der Waals surface area contributed by atoms with Gasteiger partial charge in [0.25, 0.3) is 0 Å². The molecule has 0 aliphatic heterocycles. The molecule has 2 atom stereocenters. The highest BCUT2D eigenvalue weighted by Crippen LogP contribution is 2.27. The van der Waals surface area contributed by atoms with E-state index >= 15 is 0 Å². The van der Waals surface area contributed by atoms with Crippen LogP contribution >= 0.6 is 0 Å². The molecule has 1 rings (SSSR count). The number of amides is 2. The van der Waals surface area contributed by atoms with Crippen LogP contribution in [0.2, 0.25) is 0 Å². The molecule has 1 saturated carbocycles. The van der Waals surface area contributed by atoms with E-state index < -0.39 is 0 Å². The fourth-order valence-corrected chi connectivity index (χ4v) is 2.00. The van der Waals surface area contributed by atoms with Gasteiger partial charge in [-0.1, -0.05) is 0 Å². The SMILES string of the molecule is CC(=O)N[C@@H]1CC[C@H](CC(=O)NN)C1. The van der Waals surface area contributed by atoms with Gasteiger partial charge in [-0.15, -0.1) is 0 Å². The summed E-state index contributed by atoms with van der Waals surface area (Å²) in [7, 11) is 0. The van der Waals surface area contributed by atoms with Gasteiger partial charge in [0.1, 0.15) is 0 Å². The Morgan fingerprint density at radius 3 is 2.71 bits per heavy atom. The highest BCUT2D eigenvalue weighted by molar-refractivity contribution is 5.75. The molecule has 1 aliphatic rings. The summed E-state index contributed by atoms with van der Waals surface area (Å²) in [5.41, 5.74) is 2.12. The predicted octanol–water partition coefficient (Wildman–Crippen LogP) is -0.329. The van der Waals surface area contributed by atoms with E-state index in [1.54, 1.807) is 0 Å². The van der Waals surface area contributed by atoms with Crippen molar-refractivity contribution in [2.75, 3.05) is 0 Å². The van der Waals surface area contributed by atoms with Crippen LogP contribution in [0.4, 0.5) is 0 Å². The van der Waals surface area contributed by atoms with E-state index in [2.05, 4.69) is 10.7 Å². The fraction of sp³-hybridized carbons (Fsp3) is 0.778. The maximum absolute atomic E-state index is 11.0. The van der Waals surface area contributed by atoms with Crippen LogP contribution in [0, 0.1) is 5.92 Å². The van der Waals surface area contributed by atoms with Crippen molar-refractivity contribution in [2.24, 2.45) is 11.8 Å². The Kier molecular flexibility index (Phi) is 3.88. The molecular weight excluding hydrogens is 182 g/mol. The maximum atomic E-state index is 11.0. The van der Waals surface area contributed by atoms with Gasteiger partial charge in [0, 0.05) is 19.4 Å². The first kappa shape index (κ1) is 11.0. The van der Waals surface area contributed by atoms with Crippen molar-refractivity contribution in [3.05, 3.63) is 0 Å². The molecule has 0 spiro atoms. The lowest BCUT2D eigenvalue weighted by atomic mass is 10.0. The molecule has 5 nitrogen and oxygen atoms in total. The quantitative estimate of drug-likeness (QED) is 0.330. The largest absolute Gasteiger partial charge is 0.354 e. The second-order valence-electron chi connectivity index (χ2n) is 3.85. The van der Waals surface area contributed by atoms with E-state index in [0.717, 1.165) is 19.3 Å². The van der Waals surface area contributed by atoms with E-state index in [0.29, 0.717) is 12.3 Å². The molecule has 0 aromatic carbocycles. The van der Waals surface area contributed by atoms with Crippen LogP contribution in [0.5, 0.6) is 0 Å². The number of carbonyl (C=O) groups is 2. The van der Waals surface area contributed by atoms with Crippen LogP contribution in [0.3, 0.4) is 0 Å². The van der Waals surface area contributed by atoms with Crippen LogP contribution in [0.15, 0.2) is 0 Å². The average Bonchev–Trinajstić information content (AvgIpc) is 2.51. The van der Waals surface area contributed by atoms with Crippen molar-refractivity contribution in [1.82, 2.24) is 10.7 Å². The van der Waals surface area contributed by atoms with Crippen LogP contribution in [0.25, 0.3) is 0 Å². The van der Waals surface area contributed by atoms with Crippen molar-refractivity contribution < 1.29 is 9.59 Å². The Morgan fingerprint density at radius 1 is 1.43 bits per heavy atom. The first-order valence-corrected chi connectivity index (χ1v) is 4.88. The maximum Gasteiger partial charge on any atom is 0.234 e. The van der Waals surface area contributed by atoms with Crippen LogP contribution in [-0.4, -0.2) is 17.9 Å². The molecule has 4 N–H and O–H groups in total. The normalized spacial score (nSPS) is 25.9. The van der Waals surface area contributed by atoms with Gasteiger partial charge in [0.05, 0.1) is 0 Å². The molecule has 2 amide bonds. The molecule has 0 aromatic heterocycles. The summed E-state index contributed by atoms with van der Waals surface area (Å²) in [6.45, 7) is 1.51. The summed E-state index contributed by atoms with van der Waals surface area (Å²) in [5.74, 6) is 5.23. The van der Waals surface area contributed by atoms with E-state index in [-0.39, 0.29) is 17.9 Å². The number of rotatable bonds is 3. The first-order valence-electron chi connectivity index (χ1n) is 4.88. The second kappa shape index (κ2) is 4.95.